The molecule has 31 heavy (non-hydrogen) atoms. The predicted octanol–water partition coefficient (Wildman–Crippen LogP) is 5.64. The summed E-state index contributed by atoms with van der Waals surface area (Å²) in [7, 11) is 3.28. The summed E-state index contributed by atoms with van der Waals surface area (Å²) in [6.07, 6.45) is 0. The van der Waals surface area contributed by atoms with Gasteiger partial charge in [-0.25, -0.2) is 4.98 Å². The molecule has 0 radical (unpaired) electrons. The van der Waals surface area contributed by atoms with E-state index >= 15 is 0 Å². The Morgan fingerprint density at radius 2 is 1.68 bits per heavy atom. The van der Waals surface area contributed by atoms with Crippen LogP contribution in [0.1, 0.15) is 5.56 Å². The third-order valence-electron chi connectivity index (χ3n) is 4.72. The molecule has 1 heterocycles. The van der Waals surface area contributed by atoms with Crippen LogP contribution in [0.2, 0.25) is 0 Å². The number of nitrogens with zero attached hydrogens (tertiary/aromatic N) is 2. The minimum absolute atomic E-state index is 0.00990. The van der Waals surface area contributed by atoms with Crippen LogP contribution in [0.3, 0.4) is 0 Å². The molecule has 0 atom stereocenters. The van der Waals surface area contributed by atoms with Crippen LogP contribution in [0.25, 0.3) is 10.2 Å². The van der Waals surface area contributed by atoms with Gasteiger partial charge in [0.25, 0.3) is 0 Å². The summed E-state index contributed by atoms with van der Waals surface area (Å²) in [6.45, 7) is 0.472. The Bertz CT molecular complexity index is 1160. The lowest BCUT2D eigenvalue weighted by atomic mass is 10.2. The first kappa shape index (κ1) is 21.2. The number of carbonyl (C=O) groups excluding carboxylic acids is 1. The maximum absolute atomic E-state index is 13.3. The smallest absolute Gasteiger partial charge is 0.239 e. The van der Waals surface area contributed by atoms with Gasteiger partial charge < -0.3 is 9.47 Å². The molecule has 0 N–H and O–H groups in total. The number of hydrogen-bond acceptors (Lipinski definition) is 6. The van der Waals surface area contributed by atoms with Crippen molar-refractivity contribution in [3.63, 3.8) is 0 Å². The van der Waals surface area contributed by atoms with Crippen molar-refractivity contribution in [1.29, 1.82) is 0 Å². The van der Waals surface area contributed by atoms with Crippen LogP contribution in [0, 0.1) is 0 Å². The summed E-state index contributed by atoms with van der Waals surface area (Å²) in [4.78, 5) is 20.8. The van der Waals surface area contributed by atoms with Gasteiger partial charge in [-0.15, -0.1) is 11.8 Å². The van der Waals surface area contributed by atoms with Crippen molar-refractivity contribution < 1.29 is 14.3 Å². The molecule has 0 aliphatic rings. The van der Waals surface area contributed by atoms with Gasteiger partial charge in [-0.05, 0) is 48.0 Å². The number of methoxy groups -OCH3 is 2. The lowest BCUT2D eigenvalue weighted by Gasteiger charge is -2.20. The average Bonchev–Trinajstić information content (AvgIpc) is 3.25. The van der Waals surface area contributed by atoms with Crippen molar-refractivity contribution in [2.75, 3.05) is 24.9 Å². The Morgan fingerprint density at radius 3 is 2.39 bits per heavy atom. The number of benzene rings is 3. The van der Waals surface area contributed by atoms with Crippen LogP contribution >= 0.6 is 23.1 Å². The van der Waals surface area contributed by atoms with E-state index in [1.807, 2.05) is 72.8 Å². The molecular weight excluding hydrogens is 428 g/mol. The van der Waals surface area contributed by atoms with Gasteiger partial charge in [0.2, 0.25) is 5.91 Å². The second-order valence-corrected chi connectivity index (χ2v) is 8.82. The minimum Gasteiger partial charge on any atom is -0.497 e. The number of amides is 1. The van der Waals surface area contributed by atoms with Crippen LogP contribution in [0.4, 0.5) is 5.13 Å². The summed E-state index contributed by atoms with van der Waals surface area (Å²) in [5.74, 6) is 1.90. The molecule has 0 fully saturated rings. The van der Waals surface area contributed by atoms with E-state index in [2.05, 4.69) is 0 Å². The Kier molecular flexibility index (Phi) is 6.74. The van der Waals surface area contributed by atoms with Crippen molar-refractivity contribution >= 4 is 44.4 Å². The summed E-state index contributed by atoms with van der Waals surface area (Å²) >= 11 is 3.00. The molecule has 0 saturated heterocycles. The fourth-order valence-electron chi connectivity index (χ4n) is 3.06. The lowest BCUT2D eigenvalue weighted by Crippen LogP contribution is -2.31. The number of aromatic nitrogens is 1. The number of rotatable bonds is 8. The van der Waals surface area contributed by atoms with E-state index in [-0.39, 0.29) is 5.91 Å². The van der Waals surface area contributed by atoms with Crippen molar-refractivity contribution in [2.24, 2.45) is 0 Å². The van der Waals surface area contributed by atoms with Crippen LogP contribution in [0.5, 0.6) is 11.5 Å². The van der Waals surface area contributed by atoms with E-state index in [4.69, 9.17) is 14.5 Å². The van der Waals surface area contributed by atoms with Gasteiger partial charge in [-0.1, -0.05) is 41.7 Å². The number of thioether (sulfide) groups is 1. The van der Waals surface area contributed by atoms with Crippen LogP contribution in [0.15, 0.2) is 77.7 Å². The van der Waals surface area contributed by atoms with Crippen LogP contribution in [-0.4, -0.2) is 30.9 Å². The van der Waals surface area contributed by atoms with E-state index in [0.29, 0.717) is 17.4 Å². The molecule has 1 amide bonds. The first-order chi connectivity index (χ1) is 15.2. The zero-order chi connectivity index (χ0) is 21.6. The van der Waals surface area contributed by atoms with E-state index in [1.54, 1.807) is 19.1 Å². The molecule has 0 aliphatic carbocycles. The zero-order valence-electron chi connectivity index (χ0n) is 17.3. The number of fused-ring (bicyclic) bond motifs is 1. The quantitative estimate of drug-likeness (QED) is 0.325. The van der Waals surface area contributed by atoms with E-state index in [0.717, 1.165) is 32.2 Å². The van der Waals surface area contributed by atoms with E-state index < -0.39 is 0 Å². The highest BCUT2D eigenvalue weighted by atomic mass is 32.2. The highest BCUT2D eigenvalue weighted by Crippen LogP contribution is 2.33. The number of anilines is 1. The number of thiazole rings is 1. The second kappa shape index (κ2) is 9.85. The van der Waals surface area contributed by atoms with Gasteiger partial charge >= 0.3 is 0 Å². The summed E-state index contributed by atoms with van der Waals surface area (Å²) in [5, 5.41) is 0.687. The number of carbonyl (C=O) groups is 1. The first-order valence-corrected chi connectivity index (χ1v) is 11.5. The number of ether oxygens (including phenoxy) is 2. The maximum Gasteiger partial charge on any atom is 0.239 e. The molecule has 7 heteroatoms. The summed E-state index contributed by atoms with van der Waals surface area (Å²) in [5.41, 5.74) is 1.91. The fraction of sp³-hybridized carbons (Fsp3) is 0.167. The normalized spacial score (nSPS) is 10.8. The SMILES string of the molecule is COc1ccc(SCC(=O)N(Cc2ccccc2)c2nc3ccc(OC)cc3s2)cc1. The Hall–Kier alpha value is -3.03. The van der Waals surface area contributed by atoms with Crippen LogP contribution < -0.4 is 14.4 Å². The minimum atomic E-state index is 0.00990. The molecule has 0 saturated carbocycles. The van der Waals surface area contributed by atoms with Gasteiger partial charge in [0.15, 0.2) is 5.13 Å². The maximum atomic E-state index is 13.3. The highest BCUT2D eigenvalue weighted by molar-refractivity contribution is 8.00. The third-order valence-corrected chi connectivity index (χ3v) is 6.76. The van der Waals surface area contributed by atoms with Gasteiger partial charge in [-0.2, -0.15) is 0 Å². The van der Waals surface area contributed by atoms with Crippen molar-refractivity contribution in [2.45, 2.75) is 11.4 Å². The Labute approximate surface area is 189 Å². The van der Waals surface area contributed by atoms with E-state index in [1.165, 1.54) is 23.1 Å². The van der Waals surface area contributed by atoms with Crippen molar-refractivity contribution in [3.05, 3.63) is 78.4 Å². The van der Waals surface area contributed by atoms with Crippen molar-refractivity contribution in [3.8, 4) is 11.5 Å². The third kappa shape index (κ3) is 5.18. The largest absolute Gasteiger partial charge is 0.497 e. The zero-order valence-corrected chi connectivity index (χ0v) is 18.9. The summed E-state index contributed by atoms with van der Waals surface area (Å²) in [6, 6.07) is 23.4. The molecule has 3 aromatic carbocycles. The standard InChI is InChI=1S/C24H22N2O3S2/c1-28-18-8-11-20(12-9-18)30-16-23(27)26(15-17-6-4-3-5-7-17)24-25-21-13-10-19(29-2)14-22(21)31-24/h3-14H,15-16H2,1-2H3. The molecule has 0 aliphatic heterocycles. The molecule has 4 aromatic rings. The van der Waals surface area contributed by atoms with Crippen molar-refractivity contribution in [1.82, 2.24) is 4.98 Å². The molecule has 4 rings (SSSR count). The first-order valence-electron chi connectivity index (χ1n) is 9.72. The van der Waals surface area contributed by atoms with E-state index in [9.17, 15) is 4.79 Å². The summed E-state index contributed by atoms with van der Waals surface area (Å²) < 4.78 is 11.5. The second-order valence-electron chi connectivity index (χ2n) is 6.76. The Morgan fingerprint density at radius 1 is 0.968 bits per heavy atom. The van der Waals surface area contributed by atoms with Gasteiger partial charge in [0.05, 0.1) is 36.7 Å². The molecular formula is C24H22N2O3S2. The fourth-order valence-corrected chi connectivity index (χ4v) is 4.84. The molecule has 5 nitrogen and oxygen atoms in total. The molecule has 0 bridgehead atoms. The highest BCUT2D eigenvalue weighted by Gasteiger charge is 2.20. The predicted molar refractivity (Wildman–Crippen MR) is 128 cm³/mol. The van der Waals surface area contributed by atoms with Gasteiger partial charge in [-0.3, -0.25) is 9.69 Å². The van der Waals surface area contributed by atoms with Gasteiger partial charge in [0, 0.05) is 4.90 Å². The lowest BCUT2D eigenvalue weighted by molar-refractivity contribution is -0.116. The Balaban J connectivity index is 1.58. The molecule has 1 aromatic heterocycles. The van der Waals surface area contributed by atoms with Gasteiger partial charge in [0.1, 0.15) is 11.5 Å². The average molecular weight is 451 g/mol. The molecule has 0 unspecified atom stereocenters. The molecule has 0 spiro atoms. The van der Waals surface area contributed by atoms with Crippen LogP contribution in [-0.2, 0) is 11.3 Å². The monoisotopic (exact) mass is 450 g/mol. The molecule has 158 valence electrons. The topological polar surface area (TPSA) is 51.7 Å². The number of hydrogen-bond donors (Lipinski definition) is 0.